The maximum Gasteiger partial charge on any atom is 0.266 e. The second kappa shape index (κ2) is 22.0. The fourth-order valence-electron chi connectivity index (χ4n) is 2.91. The van der Waals surface area contributed by atoms with E-state index in [-0.39, 0.29) is 54.2 Å². The molecule has 0 amide bonds. The van der Waals surface area contributed by atoms with Crippen molar-refractivity contribution in [3.8, 4) is 0 Å². The molecule has 28 heavy (non-hydrogen) atoms. The van der Waals surface area contributed by atoms with Gasteiger partial charge in [0, 0.05) is 42.5 Å². The van der Waals surface area contributed by atoms with Crippen molar-refractivity contribution >= 4 is 45.5 Å². The predicted octanol–water partition coefficient (Wildman–Crippen LogP) is 4.69. The van der Waals surface area contributed by atoms with Crippen molar-refractivity contribution in [3.05, 3.63) is 12.2 Å². The van der Waals surface area contributed by atoms with Crippen LogP contribution in [-0.2, 0) is 14.9 Å². The number of unbranched alkanes of at least 4 members (excludes halogenated alkanes) is 11. The zero-order chi connectivity index (χ0) is 20.2. The molecule has 0 heterocycles. The van der Waals surface area contributed by atoms with E-state index in [9.17, 15) is 13.2 Å². The number of carbonyl (C=O) groups is 1. The minimum atomic E-state index is -3.94. The summed E-state index contributed by atoms with van der Waals surface area (Å²) in [6.07, 6.45) is 21.2. The minimum absolute atomic E-state index is 0. The summed E-state index contributed by atoms with van der Waals surface area (Å²) in [5.41, 5.74) is 0. The molecule has 0 atom stereocenters. The first kappa shape index (κ1) is 30.5. The first-order valence-electron chi connectivity index (χ1n) is 10.8. The average Bonchev–Trinajstić information content (AvgIpc) is 2.61. The zero-order valence-electron chi connectivity index (χ0n) is 18.3. The summed E-state index contributed by atoms with van der Waals surface area (Å²) >= 11 is 0. The van der Waals surface area contributed by atoms with Gasteiger partial charge in [0.25, 0.3) is 10.1 Å². The molecule has 0 fully saturated rings. The van der Waals surface area contributed by atoms with Gasteiger partial charge in [-0.05, 0) is 32.1 Å². The number of carbonyl (C=O) groups excluding carboxylic acids is 1. The van der Waals surface area contributed by atoms with Crippen LogP contribution in [0.3, 0.4) is 0 Å². The minimum Gasteiger partial charge on any atom is -0.309 e. The van der Waals surface area contributed by atoms with Gasteiger partial charge in [-0.3, -0.25) is 9.35 Å². The van der Waals surface area contributed by atoms with E-state index in [0.717, 1.165) is 25.7 Å². The molecule has 0 aliphatic heterocycles. The molecule has 0 bridgehead atoms. The Balaban J connectivity index is 0. The van der Waals surface area contributed by atoms with Crippen LogP contribution >= 0.6 is 0 Å². The van der Waals surface area contributed by atoms with Crippen molar-refractivity contribution in [3.63, 3.8) is 0 Å². The fourth-order valence-corrected chi connectivity index (χ4v) is 3.31. The number of ketones is 1. The molecule has 0 aliphatic carbocycles. The first-order chi connectivity index (χ1) is 13.0. The maximum absolute atomic E-state index is 11.6. The molecule has 0 saturated carbocycles. The summed E-state index contributed by atoms with van der Waals surface area (Å²) < 4.78 is 29.6. The number of rotatable bonds is 20. The molecule has 5 nitrogen and oxygen atoms in total. The smallest absolute Gasteiger partial charge is 0.266 e. The van der Waals surface area contributed by atoms with Gasteiger partial charge in [0.05, 0.1) is 12.3 Å². The molecule has 0 aromatic heterocycles. The Kier molecular flexibility index (Phi) is 23.9. The van der Waals surface area contributed by atoms with Crippen LogP contribution in [0.5, 0.6) is 0 Å². The molecule has 0 unspecified atom stereocenters. The summed E-state index contributed by atoms with van der Waals surface area (Å²) in [5, 5.41) is 2.75. The molecule has 0 aromatic rings. The monoisotopic (exact) mass is 426 g/mol. The maximum atomic E-state index is 11.6. The van der Waals surface area contributed by atoms with E-state index in [0.29, 0.717) is 6.42 Å². The van der Waals surface area contributed by atoms with E-state index >= 15 is 0 Å². The Hall–Kier alpha value is 0.280. The van der Waals surface area contributed by atoms with E-state index in [1.807, 2.05) is 0 Å². The largest absolute Gasteiger partial charge is 0.309 e. The van der Waals surface area contributed by atoms with Gasteiger partial charge >= 0.3 is 0 Å². The van der Waals surface area contributed by atoms with Crippen LogP contribution in [-0.4, -0.2) is 67.2 Å². The molecule has 0 aromatic carbocycles. The SMILES string of the molecule is CCCCCCCCC=CCCCCCCCC(=O)CNCCS(=O)(=O)O.[Na]. The third-order valence-corrected chi connectivity index (χ3v) is 5.30. The standard InChI is InChI=1S/C21H41NO4S.Na/c1-2-3-4-5-6-7-8-9-10-11-12-13-14-15-16-17-21(23)20-22-18-19-27(24,25)26;/h9-10,22H,2-8,11-20H2,1H3,(H,24,25,26);. The van der Waals surface area contributed by atoms with Gasteiger partial charge in [-0.2, -0.15) is 8.42 Å². The van der Waals surface area contributed by atoms with Crippen LogP contribution in [0, 0.1) is 0 Å². The van der Waals surface area contributed by atoms with Gasteiger partial charge in [0.15, 0.2) is 0 Å². The molecule has 0 spiro atoms. The van der Waals surface area contributed by atoms with E-state index in [2.05, 4.69) is 24.4 Å². The molecular weight excluding hydrogens is 385 g/mol. The van der Waals surface area contributed by atoms with Gasteiger partial charge in [0.1, 0.15) is 5.78 Å². The Bertz CT molecular complexity index is 481. The summed E-state index contributed by atoms with van der Waals surface area (Å²) in [4.78, 5) is 11.6. The van der Waals surface area contributed by atoms with Crippen molar-refractivity contribution in [2.75, 3.05) is 18.8 Å². The summed E-state index contributed by atoms with van der Waals surface area (Å²) in [6.45, 7) is 2.54. The van der Waals surface area contributed by atoms with Gasteiger partial charge in [-0.25, -0.2) is 0 Å². The molecule has 7 heteroatoms. The Morgan fingerprint density at radius 2 is 1.36 bits per heavy atom. The van der Waals surface area contributed by atoms with E-state index < -0.39 is 10.1 Å². The molecule has 2 N–H and O–H groups in total. The van der Waals surface area contributed by atoms with E-state index in [1.165, 1.54) is 57.8 Å². The molecule has 0 rings (SSSR count). The molecule has 0 saturated heterocycles. The molecular formula is C21H41NNaO4S. The first-order valence-corrected chi connectivity index (χ1v) is 12.4. The summed E-state index contributed by atoms with van der Waals surface area (Å²) in [7, 11) is -3.94. The second-order valence-electron chi connectivity index (χ2n) is 7.34. The van der Waals surface area contributed by atoms with Crippen LogP contribution in [0.25, 0.3) is 0 Å². The second-order valence-corrected chi connectivity index (χ2v) is 8.91. The predicted molar refractivity (Wildman–Crippen MR) is 119 cm³/mol. The van der Waals surface area contributed by atoms with Crippen LogP contribution in [0.2, 0.25) is 0 Å². The van der Waals surface area contributed by atoms with Crippen LogP contribution in [0.1, 0.15) is 96.8 Å². The van der Waals surface area contributed by atoms with Gasteiger partial charge in [-0.1, -0.05) is 70.4 Å². The number of hydrogen-bond donors (Lipinski definition) is 2. The summed E-state index contributed by atoms with van der Waals surface area (Å²) in [5.74, 6) is -0.254. The van der Waals surface area contributed by atoms with Gasteiger partial charge in [-0.15, -0.1) is 0 Å². The third-order valence-electron chi connectivity index (χ3n) is 4.58. The van der Waals surface area contributed by atoms with E-state index in [4.69, 9.17) is 4.55 Å². The van der Waals surface area contributed by atoms with Crippen molar-refractivity contribution in [2.45, 2.75) is 96.8 Å². The molecule has 1 radical (unpaired) electrons. The Labute approximate surface area is 195 Å². The van der Waals surface area contributed by atoms with Crippen molar-refractivity contribution in [1.29, 1.82) is 0 Å². The quantitative estimate of drug-likeness (QED) is 0.128. The van der Waals surface area contributed by atoms with Crippen molar-refractivity contribution in [1.82, 2.24) is 5.32 Å². The van der Waals surface area contributed by atoms with Crippen LogP contribution < -0.4 is 5.32 Å². The number of Topliss-reactive ketones (excluding diaryl/α,β-unsaturated/α-hetero) is 1. The van der Waals surface area contributed by atoms with Gasteiger partial charge < -0.3 is 5.32 Å². The third kappa shape index (κ3) is 26.3. The fraction of sp³-hybridized carbons (Fsp3) is 0.857. The normalized spacial score (nSPS) is 11.6. The zero-order valence-corrected chi connectivity index (χ0v) is 21.1. The van der Waals surface area contributed by atoms with Crippen LogP contribution in [0.4, 0.5) is 0 Å². The average molecular weight is 427 g/mol. The van der Waals surface area contributed by atoms with Crippen molar-refractivity contribution in [2.24, 2.45) is 0 Å². The molecule has 161 valence electrons. The summed E-state index contributed by atoms with van der Waals surface area (Å²) in [6, 6.07) is 0. The Morgan fingerprint density at radius 1 is 0.857 bits per heavy atom. The number of hydrogen-bond acceptors (Lipinski definition) is 4. The van der Waals surface area contributed by atoms with Gasteiger partial charge in [0.2, 0.25) is 0 Å². The number of allylic oxidation sites excluding steroid dienone is 2. The van der Waals surface area contributed by atoms with Crippen LogP contribution in [0.15, 0.2) is 12.2 Å². The van der Waals surface area contributed by atoms with E-state index in [1.54, 1.807) is 0 Å². The number of nitrogens with one attached hydrogen (secondary N) is 1. The van der Waals surface area contributed by atoms with Crippen molar-refractivity contribution < 1.29 is 17.8 Å². The molecule has 0 aliphatic rings. The topological polar surface area (TPSA) is 83.5 Å². The Morgan fingerprint density at radius 3 is 1.89 bits per heavy atom.